The standard InChI is InChI=1S/C25H23ClN4O3S/c1-25(12-13-34-24(30-25)29-23(33)21(31)16-6-3-2-4-7-16)18-9-5-8-17(14-18)22(32)28-20-11-10-19(26)15-27-20/h2-11,14-15,21,31H,12-13H2,1H3,(H,27,28,32)(H,29,30,33). The highest BCUT2D eigenvalue weighted by molar-refractivity contribution is 8.13. The lowest BCUT2D eigenvalue weighted by Crippen LogP contribution is -2.37. The van der Waals surface area contributed by atoms with Gasteiger partial charge in [0.2, 0.25) is 0 Å². The first-order valence-corrected chi connectivity index (χ1v) is 12.0. The summed E-state index contributed by atoms with van der Waals surface area (Å²) in [5.74, 6) is 0.293. The molecule has 2 aromatic carbocycles. The molecule has 2 unspecified atom stereocenters. The summed E-state index contributed by atoms with van der Waals surface area (Å²) in [5.41, 5.74) is 1.19. The summed E-state index contributed by atoms with van der Waals surface area (Å²) >= 11 is 7.27. The largest absolute Gasteiger partial charge is 0.378 e. The van der Waals surface area contributed by atoms with E-state index in [1.54, 1.807) is 54.6 Å². The van der Waals surface area contributed by atoms with Gasteiger partial charge in [0.15, 0.2) is 11.3 Å². The number of aromatic nitrogens is 1. The van der Waals surface area contributed by atoms with Crippen LogP contribution in [0.25, 0.3) is 0 Å². The van der Waals surface area contributed by atoms with Gasteiger partial charge in [-0.2, -0.15) is 0 Å². The molecule has 0 saturated carbocycles. The maximum absolute atomic E-state index is 12.7. The van der Waals surface area contributed by atoms with Crippen LogP contribution >= 0.6 is 23.4 Å². The van der Waals surface area contributed by atoms with Gasteiger partial charge >= 0.3 is 0 Å². The number of nitrogens with zero attached hydrogens (tertiary/aromatic N) is 2. The Labute approximate surface area is 206 Å². The molecule has 2 amide bonds. The van der Waals surface area contributed by atoms with E-state index >= 15 is 0 Å². The number of halogens is 1. The summed E-state index contributed by atoms with van der Waals surface area (Å²) in [6, 6.07) is 19.3. The summed E-state index contributed by atoms with van der Waals surface area (Å²) in [4.78, 5) is 34.2. The molecule has 1 aromatic heterocycles. The molecule has 34 heavy (non-hydrogen) atoms. The van der Waals surface area contributed by atoms with Crippen molar-refractivity contribution in [3.05, 3.63) is 94.6 Å². The number of carbonyl (C=O) groups is 2. The molecule has 0 spiro atoms. The molecule has 1 aliphatic rings. The van der Waals surface area contributed by atoms with Crippen molar-refractivity contribution in [2.75, 3.05) is 11.1 Å². The molecule has 7 nitrogen and oxygen atoms in total. The van der Waals surface area contributed by atoms with E-state index in [2.05, 4.69) is 15.6 Å². The fraction of sp³-hybridized carbons (Fsp3) is 0.200. The van der Waals surface area contributed by atoms with Crippen molar-refractivity contribution in [1.82, 2.24) is 10.3 Å². The molecule has 2 atom stereocenters. The summed E-state index contributed by atoms with van der Waals surface area (Å²) < 4.78 is 0. The number of aliphatic hydroxyl groups is 1. The minimum Gasteiger partial charge on any atom is -0.378 e. The quantitative estimate of drug-likeness (QED) is 0.483. The third kappa shape index (κ3) is 5.64. The number of aliphatic hydroxyl groups excluding tert-OH is 1. The lowest BCUT2D eigenvalue weighted by molar-refractivity contribution is -0.128. The van der Waals surface area contributed by atoms with E-state index in [1.807, 2.05) is 19.1 Å². The zero-order chi connectivity index (χ0) is 24.1. The minimum atomic E-state index is -1.29. The second-order valence-corrected chi connectivity index (χ2v) is 9.51. The molecular formula is C25H23ClN4O3S. The van der Waals surface area contributed by atoms with Crippen molar-refractivity contribution in [1.29, 1.82) is 0 Å². The van der Waals surface area contributed by atoms with E-state index in [1.165, 1.54) is 18.0 Å². The van der Waals surface area contributed by atoms with Gasteiger partial charge in [-0.3, -0.25) is 14.6 Å². The van der Waals surface area contributed by atoms with Gasteiger partial charge in [0.1, 0.15) is 5.82 Å². The summed E-state index contributed by atoms with van der Waals surface area (Å²) in [6.45, 7) is 1.96. The van der Waals surface area contributed by atoms with Crippen LogP contribution in [0.1, 0.15) is 40.9 Å². The summed E-state index contributed by atoms with van der Waals surface area (Å²) in [5, 5.41) is 16.8. The van der Waals surface area contributed by atoms with Crippen molar-refractivity contribution in [2.24, 2.45) is 4.99 Å². The molecule has 0 fully saturated rings. The molecule has 174 valence electrons. The fourth-order valence-corrected chi connectivity index (χ4v) is 4.77. The number of carbonyl (C=O) groups excluding carboxylic acids is 2. The molecule has 4 rings (SSSR count). The topological polar surface area (TPSA) is 104 Å². The fourth-order valence-electron chi connectivity index (χ4n) is 3.53. The Morgan fingerprint density at radius 3 is 2.62 bits per heavy atom. The van der Waals surface area contributed by atoms with Gasteiger partial charge in [0, 0.05) is 17.5 Å². The Kier molecular flexibility index (Phi) is 7.31. The number of pyridine rings is 1. The second-order valence-electron chi connectivity index (χ2n) is 7.99. The molecular weight excluding hydrogens is 472 g/mol. The van der Waals surface area contributed by atoms with Crippen LogP contribution in [-0.4, -0.2) is 32.8 Å². The van der Waals surface area contributed by atoms with Crippen molar-refractivity contribution in [3.8, 4) is 0 Å². The van der Waals surface area contributed by atoms with Crippen LogP contribution in [0.15, 0.2) is 77.9 Å². The van der Waals surface area contributed by atoms with Crippen LogP contribution in [0.2, 0.25) is 5.02 Å². The van der Waals surface area contributed by atoms with E-state index in [0.717, 1.165) is 17.7 Å². The number of amidine groups is 1. The minimum absolute atomic E-state index is 0.297. The van der Waals surface area contributed by atoms with E-state index in [-0.39, 0.29) is 5.91 Å². The van der Waals surface area contributed by atoms with E-state index in [4.69, 9.17) is 16.6 Å². The number of hydrogen-bond acceptors (Lipinski definition) is 6. The molecule has 9 heteroatoms. The zero-order valence-electron chi connectivity index (χ0n) is 18.4. The van der Waals surface area contributed by atoms with E-state index < -0.39 is 17.6 Å². The smallest absolute Gasteiger partial charge is 0.259 e. The number of amides is 2. The highest BCUT2D eigenvalue weighted by atomic mass is 35.5. The third-order valence-electron chi connectivity index (χ3n) is 5.49. The molecule has 3 aromatic rings. The Balaban J connectivity index is 1.50. The first-order valence-electron chi connectivity index (χ1n) is 10.6. The van der Waals surface area contributed by atoms with Gasteiger partial charge in [-0.1, -0.05) is 65.8 Å². The van der Waals surface area contributed by atoms with E-state index in [0.29, 0.717) is 27.1 Å². The molecule has 0 radical (unpaired) electrons. The summed E-state index contributed by atoms with van der Waals surface area (Å²) in [6.07, 6.45) is 0.904. The van der Waals surface area contributed by atoms with Crippen LogP contribution in [0.5, 0.6) is 0 Å². The van der Waals surface area contributed by atoms with Crippen molar-refractivity contribution < 1.29 is 14.7 Å². The number of nitrogens with one attached hydrogen (secondary N) is 2. The average Bonchev–Trinajstić information content (AvgIpc) is 2.85. The maximum Gasteiger partial charge on any atom is 0.259 e. The van der Waals surface area contributed by atoms with Crippen molar-refractivity contribution in [2.45, 2.75) is 25.0 Å². The number of hydrogen-bond donors (Lipinski definition) is 3. The number of benzene rings is 2. The Bertz CT molecular complexity index is 1220. The lowest BCUT2D eigenvalue weighted by Gasteiger charge is -2.31. The lowest BCUT2D eigenvalue weighted by atomic mass is 9.88. The SMILES string of the molecule is CC1(c2cccc(C(=O)Nc3ccc(Cl)cn3)c2)CCSC(NC(=O)C(O)c2ccccc2)=N1. The van der Waals surface area contributed by atoms with Crippen LogP contribution < -0.4 is 10.6 Å². The van der Waals surface area contributed by atoms with Crippen LogP contribution in [-0.2, 0) is 10.3 Å². The van der Waals surface area contributed by atoms with Gasteiger partial charge < -0.3 is 15.7 Å². The number of thioether (sulfide) groups is 1. The maximum atomic E-state index is 12.7. The van der Waals surface area contributed by atoms with Crippen molar-refractivity contribution >= 4 is 46.2 Å². The van der Waals surface area contributed by atoms with Crippen LogP contribution in [0, 0.1) is 0 Å². The highest BCUT2D eigenvalue weighted by Crippen LogP contribution is 2.36. The molecule has 2 heterocycles. The van der Waals surface area contributed by atoms with Crippen molar-refractivity contribution in [3.63, 3.8) is 0 Å². The van der Waals surface area contributed by atoms with Gasteiger partial charge in [-0.05, 0) is 48.7 Å². The molecule has 3 N–H and O–H groups in total. The zero-order valence-corrected chi connectivity index (χ0v) is 19.9. The monoisotopic (exact) mass is 494 g/mol. The van der Waals surface area contributed by atoms with Gasteiger partial charge in [0.05, 0.1) is 10.6 Å². The van der Waals surface area contributed by atoms with Crippen LogP contribution in [0.3, 0.4) is 0 Å². The first-order chi connectivity index (χ1) is 16.3. The normalized spacial score (nSPS) is 18.5. The second kappa shape index (κ2) is 10.4. The van der Waals surface area contributed by atoms with Gasteiger partial charge in [-0.15, -0.1) is 0 Å². The number of anilines is 1. The molecule has 0 bridgehead atoms. The Morgan fingerprint density at radius 1 is 1.09 bits per heavy atom. The average molecular weight is 495 g/mol. The first kappa shape index (κ1) is 23.9. The Morgan fingerprint density at radius 2 is 1.88 bits per heavy atom. The predicted molar refractivity (Wildman–Crippen MR) is 135 cm³/mol. The van der Waals surface area contributed by atoms with E-state index in [9.17, 15) is 14.7 Å². The van der Waals surface area contributed by atoms with Gasteiger partial charge in [0.25, 0.3) is 11.8 Å². The Hall–Kier alpha value is -3.20. The third-order valence-corrected chi connectivity index (χ3v) is 6.58. The summed E-state index contributed by atoms with van der Waals surface area (Å²) in [7, 11) is 0. The molecule has 0 aliphatic carbocycles. The molecule has 1 aliphatic heterocycles. The molecule has 0 saturated heterocycles. The highest BCUT2D eigenvalue weighted by Gasteiger charge is 2.32. The van der Waals surface area contributed by atoms with Crippen LogP contribution in [0.4, 0.5) is 5.82 Å². The predicted octanol–water partition coefficient (Wildman–Crippen LogP) is 4.55. The van der Waals surface area contributed by atoms with Gasteiger partial charge in [-0.25, -0.2) is 4.98 Å². The number of aliphatic imine (C=N–C) groups is 1. The number of rotatable bonds is 5.